The van der Waals surface area contributed by atoms with Gasteiger partial charge in [0.15, 0.2) is 6.23 Å². The Hall–Kier alpha value is -3.79. The molecule has 34 heavy (non-hydrogen) atoms. The van der Waals surface area contributed by atoms with Crippen molar-refractivity contribution in [1.29, 1.82) is 0 Å². The fourth-order valence-corrected chi connectivity index (χ4v) is 4.78. The monoisotopic (exact) mass is 472 g/mol. The number of nitrogens with zero attached hydrogens (tertiary/aromatic N) is 2. The summed E-state index contributed by atoms with van der Waals surface area (Å²) in [5, 5.41) is 0. The molecule has 2 atom stereocenters. The van der Waals surface area contributed by atoms with Crippen LogP contribution in [0.15, 0.2) is 59.8 Å². The van der Waals surface area contributed by atoms with Crippen LogP contribution in [0.3, 0.4) is 0 Å². The quantitative estimate of drug-likeness (QED) is 0.621. The van der Waals surface area contributed by atoms with E-state index >= 15 is 0 Å². The molecular formula is C24H19F3N2O5. The lowest BCUT2D eigenvalue weighted by molar-refractivity contribution is -0.160. The first-order chi connectivity index (χ1) is 16.1. The lowest BCUT2D eigenvalue weighted by Crippen LogP contribution is -2.58. The van der Waals surface area contributed by atoms with Crippen molar-refractivity contribution in [3.8, 4) is 5.75 Å². The normalized spacial score (nSPS) is 23.1. The number of anilines is 2. The van der Waals surface area contributed by atoms with E-state index < -0.39 is 41.2 Å². The van der Waals surface area contributed by atoms with Gasteiger partial charge in [-0.2, -0.15) is 13.2 Å². The van der Waals surface area contributed by atoms with Gasteiger partial charge in [-0.3, -0.25) is 4.79 Å². The molecule has 0 fully saturated rings. The number of halogens is 3. The highest BCUT2D eigenvalue weighted by molar-refractivity contribution is 6.15. The third kappa shape index (κ3) is 2.81. The van der Waals surface area contributed by atoms with Gasteiger partial charge in [-0.05, 0) is 35.9 Å². The molecule has 3 aliphatic heterocycles. The first-order valence-electron chi connectivity index (χ1n) is 10.3. The number of para-hydroxylation sites is 1. The van der Waals surface area contributed by atoms with Gasteiger partial charge < -0.3 is 24.0 Å². The zero-order valence-electron chi connectivity index (χ0n) is 18.3. The highest BCUT2D eigenvalue weighted by Crippen LogP contribution is 2.56. The molecule has 0 unspecified atom stereocenters. The molecule has 1 amide bonds. The number of hydrogen-bond acceptors (Lipinski definition) is 6. The van der Waals surface area contributed by atoms with Gasteiger partial charge in [0.2, 0.25) is 5.60 Å². The highest BCUT2D eigenvalue weighted by Gasteiger charge is 2.65. The Morgan fingerprint density at radius 2 is 1.85 bits per heavy atom. The summed E-state index contributed by atoms with van der Waals surface area (Å²) < 4.78 is 60.6. The Kier molecular flexibility index (Phi) is 4.77. The number of rotatable bonds is 2. The molecule has 2 aromatic carbocycles. The number of fused-ring (bicyclic) bond motifs is 5. The molecule has 5 rings (SSSR count). The van der Waals surface area contributed by atoms with Gasteiger partial charge in [-0.15, -0.1) is 0 Å². The summed E-state index contributed by atoms with van der Waals surface area (Å²) in [6, 6.07) is 10.9. The van der Waals surface area contributed by atoms with E-state index in [4.69, 9.17) is 14.2 Å². The topological polar surface area (TPSA) is 68.3 Å². The molecule has 0 bridgehead atoms. The fourth-order valence-electron chi connectivity index (χ4n) is 4.78. The molecule has 0 saturated carbocycles. The minimum atomic E-state index is -5.03. The number of amides is 1. The van der Waals surface area contributed by atoms with Crippen molar-refractivity contribution in [3.05, 3.63) is 70.9 Å². The summed E-state index contributed by atoms with van der Waals surface area (Å²) in [6.07, 6.45) is -3.31. The number of carbonyl (C=O) groups excluding carboxylic acids is 2. The van der Waals surface area contributed by atoms with E-state index in [0.717, 1.165) is 12.0 Å². The molecule has 10 heteroatoms. The van der Waals surface area contributed by atoms with Crippen LogP contribution in [0.5, 0.6) is 5.75 Å². The zero-order valence-corrected chi connectivity index (χ0v) is 18.3. The Bertz CT molecular complexity index is 1290. The van der Waals surface area contributed by atoms with E-state index in [2.05, 4.69) is 0 Å². The van der Waals surface area contributed by atoms with Crippen LogP contribution in [-0.4, -0.2) is 45.5 Å². The molecule has 0 aliphatic carbocycles. The number of alkyl halides is 3. The van der Waals surface area contributed by atoms with Crippen LogP contribution in [0, 0.1) is 0 Å². The lowest BCUT2D eigenvalue weighted by atomic mass is 9.82. The van der Waals surface area contributed by atoms with Gasteiger partial charge >= 0.3 is 12.1 Å². The predicted octanol–water partition coefficient (Wildman–Crippen LogP) is 3.75. The van der Waals surface area contributed by atoms with Crippen molar-refractivity contribution in [3.63, 3.8) is 0 Å². The van der Waals surface area contributed by atoms with Gasteiger partial charge in [-0.25, -0.2) is 4.79 Å². The van der Waals surface area contributed by atoms with Gasteiger partial charge in [-0.1, -0.05) is 24.3 Å². The van der Waals surface area contributed by atoms with Crippen molar-refractivity contribution in [1.82, 2.24) is 0 Å². The van der Waals surface area contributed by atoms with Crippen molar-refractivity contribution >= 4 is 29.3 Å². The molecule has 0 aromatic heterocycles. The molecule has 2 aromatic rings. The van der Waals surface area contributed by atoms with E-state index in [1.54, 1.807) is 30.3 Å². The Balaban J connectivity index is 1.91. The standard InChI is InChI=1S/C24H19F3N2O5/c1-28-17-10-9-14(32-2)12-15(17)23(22(28)31)19(21(30)33-3)20(24(25,26)27)29-16-7-5-4-6-13(16)8-11-18(29)34-23/h4-12,18H,1-3H3/t18-,23-/m1/s1. The summed E-state index contributed by atoms with van der Waals surface area (Å²) in [5.41, 5.74) is -3.60. The fraction of sp³-hybridized carbons (Fsp3) is 0.250. The number of methoxy groups -OCH3 is 2. The smallest absolute Gasteiger partial charge is 0.432 e. The van der Waals surface area contributed by atoms with Crippen molar-refractivity contribution in [2.24, 2.45) is 0 Å². The van der Waals surface area contributed by atoms with Gasteiger partial charge in [0.1, 0.15) is 17.0 Å². The van der Waals surface area contributed by atoms with E-state index in [9.17, 15) is 22.8 Å². The number of benzene rings is 2. The zero-order chi connectivity index (χ0) is 24.4. The van der Waals surface area contributed by atoms with Crippen LogP contribution in [0.1, 0.15) is 11.1 Å². The van der Waals surface area contributed by atoms with Crippen LogP contribution in [0.25, 0.3) is 6.08 Å². The molecule has 7 nitrogen and oxygen atoms in total. The van der Waals surface area contributed by atoms with Crippen LogP contribution in [-0.2, 0) is 24.7 Å². The average Bonchev–Trinajstić information content (AvgIpc) is 3.03. The van der Waals surface area contributed by atoms with Gasteiger partial charge in [0.05, 0.1) is 25.6 Å². The van der Waals surface area contributed by atoms with E-state index in [1.807, 2.05) is 0 Å². The summed E-state index contributed by atoms with van der Waals surface area (Å²) in [7, 11) is 3.76. The van der Waals surface area contributed by atoms with Crippen molar-refractivity contribution in [2.75, 3.05) is 31.1 Å². The maximum absolute atomic E-state index is 14.8. The van der Waals surface area contributed by atoms with Crippen LogP contribution in [0.4, 0.5) is 24.5 Å². The molecule has 0 radical (unpaired) electrons. The van der Waals surface area contributed by atoms with Gasteiger partial charge in [0, 0.05) is 12.6 Å². The van der Waals surface area contributed by atoms with E-state index in [0.29, 0.717) is 11.3 Å². The second-order valence-electron chi connectivity index (χ2n) is 7.94. The minimum absolute atomic E-state index is 0.0633. The maximum Gasteiger partial charge on any atom is 0.432 e. The first kappa shape index (κ1) is 22.0. The molecule has 3 heterocycles. The summed E-state index contributed by atoms with van der Waals surface area (Å²) in [4.78, 5) is 28.8. The Morgan fingerprint density at radius 1 is 1.12 bits per heavy atom. The second kappa shape index (κ2) is 7.36. The van der Waals surface area contributed by atoms with Crippen LogP contribution in [0.2, 0.25) is 0 Å². The number of allylic oxidation sites excluding steroid dienone is 1. The number of carbonyl (C=O) groups is 2. The Labute approximate surface area is 192 Å². The predicted molar refractivity (Wildman–Crippen MR) is 116 cm³/mol. The summed E-state index contributed by atoms with van der Waals surface area (Å²) in [6.45, 7) is 0. The largest absolute Gasteiger partial charge is 0.497 e. The minimum Gasteiger partial charge on any atom is -0.497 e. The molecule has 0 N–H and O–H groups in total. The molecule has 176 valence electrons. The molecule has 0 saturated heterocycles. The lowest BCUT2D eigenvalue weighted by Gasteiger charge is -2.47. The maximum atomic E-state index is 14.8. The molecule has 1 spiro atoms. The third-order valence-corrected chi connectivity index (χ3v) is 6.23. The summed E-state index contributed by atoms with van der Waals surface area (Å²) >= 11 is 0. The number of ether oxygens (including phenoxy) is 3. The Morgan fingerprint density at radius 3 is 2.53 bits per heavy atom. The van der Waals surface area contributed by atoms with Crippen LogP contribution < -0.4 is 14.5 Å². The van der Waals surface area contributed by atoms with Crippen LogP contribution >= 0.6 is 0 Å². The molecule has 3 aliphatic rings. The number of hydrogen-bond donors (Lipinski definition) is 0. The second-order valence-corrected chi connectivity index (χ2v) is 7.94. The number of esters is 1. The van der Waals surface area contributed by atoms with Crippen molar-refractivity contribution < 1.29 is 37.0 Å². The van der Waals surface area contributed by atoms with E-state index in [-0.39, 0.29) is 17.0 Å². The third-order valence-electron chi connectivity index (χ3n) is 6.23. The first-order valence-corrected chi connectivity index (χ1v) is 10.3. The average molecular weight is 472 g/mol. The highest BCUT2D eigenvalue weighted by atomic mass is 19.4. The molecular weight excluding hydrogens is 453 g/mol. The summed E-state index contributed by atoms with van der Waals surface area (Å²) in [5.74, 6) is -1.88. The van der Waals surface area contributed by atoms with Crippen molar-refractivity contribution in [2.45, 2.75) is 18.0 Å². The van der Waals surface area contributed by atoms with E-state index in [1.165, 1.54) is 43.3 Å². The number of likely N-dealkylation sites (N-methyl/N-ethyl adjacent to an activating group) is 1. The van der Waals surface area contributed by atoms with Gasteiger partial charge in [0.25, 0.3) is 5.91 Å². The SMILES string of the molecule is COC(=O)C1=C(C(F)(F)F)N2c3ccccc3C=C[C@H]2O[C@@]12C(=O)N(C)c1ccc(OC)cc12.